The summed E-state index contributed by atoms with van der Waals surface area (Å²) in [5, 5.41) is 3.49. The van der Waals surface area contributed by atoms with Crippen LogP contribution in [0.2, 0.25) is 0 Å². The van der Waals surface area contributed by atoms with Gasteiger partial charge in [-0.2, -0.15) is 0 Å². The molecule has 1 aliphatic heterocycles. The van der Waals surface area contributed by atoms with E-state index in [1.807, 2.05) is 6.07 Å². The Kier molecular flexibility index (Phi) is 5.87. The third kappa shape index (κ3) is 3.82. The molecule has 0 saturated heterocycles. The van der Waals surface area contributed by atoms with Crippen LogP contribution in [0.4, 0.5) is 0 Å². The van der Waals surface area contributed by atoms with Crippen LogP contribution < -0.4 is 10.1 Å². The Labute approximate surface area is 139 Å². The lowest BCUT2D eigenvalue weighted by molar-refractivity contribution is 0.226. The van der Waals surface area contributed by atoms with Gasteiger partial charge in [0, 0.05) is 6.54 Å². The fourth-order valence-corrected chi connectivity index (χ4v) is 3.00. The third-order valence-corrected chi connectivity index (χ3v) is 4.25. The van der Waals surface area contributed by atoms with Crippen molar-refractivity contribution in [1.82, 2.24) is 5.32 Å². The van der Waals surface area contributed by atoms with Crippen molar-refractivity contribution in [2.75, 3.05) is 13.1 Å². The van der Waals surface area contributed by atoms with Gasteiger partial charge in [0.2, 0.25) is 0 Å². The summed E-state index contributed by atoms with van der Waals surface area (Å²) in [7, 11) is 0. The maximum atomic E-state index is 6.12. The summed E-state index contributed by atoms with van der Waals surface area (Å²) in [6.07, 6.45) is 1.15. The predicted octanol–water partition coefficient (Wildman–Crippen LogP) is 4.50. The fraction of sp³-hybridized carbons (Fsp3) is 0.368. The smallest absolute Gasteiger partial charge is 0.121 e. The number of benzene rings is 2. The average molecular weight is 318 g/mol. The normalized spacial score (nSPS) is 18.5. The predicted molar refractivity (Wildman–Crippen MR) is 94.2 cm³/mol. The van der Waals surface area contributed by atoms with Crippen LogP contribution in [0.3, 0.4) is 0 Å². The van der Waals surface area contributed by atoms with Crippen molar-refractivity contribution < 1.29 is 4.74 Å². The molecule has 2 nitrogen and oxygen atoms in total. The van der Waals surface area contributed by atoms with E-state index in [-0.39, 0.29) is 18.5 Å². The molecule has 3 rings (SSSR count). The van der Waals surface area contributed by atoms with Crippen molar-refractivity contribution in [3.05, 3.63) is 65.2 Å². The van der Waals surface area contributed by atoms with E-state index in [0.717, 1.165) is 25.3 Å². The first-order valence-corrected chi connectivity index (χ1v) is 7.79. The lowest BCUT2D eigenvalue weighted by atomic mass is 9.95. The molecule has 1 aliphatic rings. The van der Waals surface area contributed by atoms with Gasteiger partial charge < -0.3 is 10.1 Å². The number of hydrogen-bond acceptors (Lipinski definition) is 2. The van der Waals surface area contributed by atoms with Gasteiger partial charge in [-0.15, -0.1) is 12.4 Å². The van der Waals surface area contributed by atoms with Gasteiger partial charge in [-0.3, -0.25) is 0 Å². The Hall–Kier alpha value is -1.51. The molecule has 1 N–H and O–H groups in total. The highest BCUT2D eigenvalue weighted by atomic mass is 35.5. The topological polar surface area (TPSA) is 21.3 Å². The molecule has 0 radical (unpaired) electrons. The van der Waals surface area contributed by atoms with E-state index in [2.05, 4.69) is 61.6 Å². The van der Waals surface area contributed by atoms with Crippen LogP contribution in [-0.4, -0.2) is 13.1 Å². The highest BCUT2D eigenvalue weighted by molar-refractivity contribution is 5.85. The third-order valence-electron chi connectivity index (χ3n) is 4.25. The summed E-state index contributed by atoms with van der Waals surface area (Å²) in [4.78, 5) is 0. The molecule has 2 aromatic carbocycles. The van der Waals surface area contributed by atoms with E-state index in [4.69, 9.17) is 4.74 Å². The van der Waals surface area contributed by atoms with Crippen molar-refractivity contribution in [3.63, 3.8) is 0 Å². The van der Waals surface area contributed by atoms with Gasteiger partial charge >= 0.3 is 0 Å². The highest BCUT2D eigenvalue weighted by Gasteiger charge is 2.15. The molecule has 0 spiro atoms. The maximum Gasteiger partial charge on any atom is 0.121 e. The zero-order valence-corrected chi connectivity index (χ0v) is 14.0. The maximum absolute atomic E-state index is 6.12. The molecule has 0 saturated carbocycles. The van der Waals surface area contributed by atoms with Crippen molar-refractivity contribution in [1.29, 1.82) is 0 Å². The minimum atomic E-state index is 0. The van der Waals surface area contributed by atoms with Gasteiger partial charge in [0.25, 0.3) is 0 Å². The second kappa shape index (κ2) is 7.66. The first-order chi connectivity index (χ1) is 10.2. The number of ether oxygens (including phenoxy) is 1. The van der Waals surface area contributed by atoms with Gasteiger partial charge in [-0.05, 0) is 54.6 Å². The first kappa shape index (κ1) is 16.9. The standard InChI is InChI=1S/C19H23NO.ClH/c1-14-13-20-11-10-17-12-18(8-9-19(14)17)21-15(2)16-6-4-3-5-7-16;/h3-9,12,14-15,20H,10-11,13H2,1-2H3;1H/t14-,15-;/m0./s1. The van der Waals surface area contributed by atoms with Gasteiger partial charge in [0.05, 0.1) is 0 Å². The molecular weight excluding hydrogens is 294 g/mol. The minimum absolute atomic E-state index is 0. The largest absolute Gasteiger partial charge is 0.486 e. The molecule has 22 heavy (non-hydrogen) atoms. The molecule has 118 valence electrons. The zero-order chi connectivity index (χ0) is 14.7. The second-order valence-electron chi connectivity index (χ2n) is 5.89. The zero-order valence-electron chi connectivity index (χ0n) is 13.2. The lowest BCUT2D eigenvalue weighted by Gasteiger charge is -2.18. The molecular formula is C19H24ClNO. The van der Waals surface area contributed by atoms with Crippen LogP contribution >= 0.6 is 12.4 Å². The number of nitrogens with one attached hydrogen (secondary N) is 1. The van der Waals surface area contributed by atoms with Crippen molar-refractivity contribution in [2.45, 2.75) is 32.3 Å². The van der Waals surface area contributed by atoms with Gasteiger partial charge in [0.15, 0.2) is 0 Å². The van der Waals surface area contributed by atoms with E-state index in [1.165, 1.54) is 16.7 Å². The highest BCUT2D eigenvalue weighted by Crippen LogP contribution is 2.28. The summed E-state index contributed by atoms with van der Waals surface area (Å²) in [6.45, 7) is 6.50. The monoisotopic (exact) mass is 317 g/mol. The molecule has 2 aromatic rings. The lowest BCUT2D eigenvalue weighted by Crippen LogP contribution is -2.18. The van der Waals surface area contributed by atoms with Crippen LogP contribution in [0.15, 0.2) is 48.5 Å². The second-order valence-corrected chi connectivity index (χ2v) is 5.89. The molecule has 1 heterocycles. The fourth-order valence-electron chi connectivity index (χ4n) is 3.00. The molecule has 0 amide bonds. The number of rotatable bonds is 3. The molecule has 3 heteroatoms. The van der Waals surface area contributed by atoms with Gasteiger partial charge in [0.1, 0.15) is 11.9 Å². The Morgan fingerprint density at radius 1 is 1.14 bits per heavy atom. The SMILES string of the molecule is C[C@H](Oc1ccc2c(c1)CCNC[C@@H]2C)c1ccccc1.Cl. The Bertz CT molecular complexity index is 600. The van der Waals surface area contributed by atoms with E-state index >= 15 is 0 Å². The number of fused-ring (bicyclic) bond motifs is 1. The first-order valence-electron chi connectivity index (χ1n) is 7.79. The van der Waals surface area contributed by atoms with E-state index < -0.39 is 0 Å². The Balaban J connectivity index is 0.00000176. The summed E-state index contributed by atoms with van der Waals surface area (Å²) in [6, 6.07) is 16.9. The van der Waals surface area contributed by atoms with Crippen LogP contribution in [-0.2, 0) is 6.42 Å². The molecule has 0 unspecified atom stereocenters. The molecule has 0 aromatic heterocycles. The molecule has 0 aliphatic carbocycles. The summed E-state index contributed by atoms with van der Waals surface area (Å²) >= 11 is 0. The minimum Gasteiger partial charge on any atom is -0.486 e. The van der Waals surface area contributed by atoms with E-state index in [0.29, 0.717) is 5.92 Å². The van der Waals surface area contributed by atoms with Crippen LogP contribution in [0.5, 0.6) is 5.75 Å². The van der Waals surface area contributed by atoms with Crippen LogP contribution in [0, 0.1) is 0 Å². The quantitative estimate of drug-likeness (QED) is 0.900. The van der Waals surface area contributed by atoms with Crippen molar-refractivity contribution >= 4 is 12.4 Å². The molecule has 0 bridgehead atoms. The Morgan fingerprint density at radius 3 is 2.68 bits per heavy atom. The summed E-state index contributed by atoms with van der Waals surface area (Å²) < 4.78 is 6.12. The summed E-state index contributed by atoms with van der Waals surface area (Å²) in [5.41, 5.74) is 4.09. The van der Waals surface area contributed by atoms with Gasteiger partial charge in [-0.1, -0.05) is 43.3 Å². The average Bonchev–Trinajstić information content (AvgIpc) is 2.70. The van der Waals surface area contributed by atoms with E-state index in [9.17, 15) is 0 Å². The van der Waals surface area contributed by atoms with Crippen molar-refractivity contribution in [2.24, 2.45) is 0 Å². The van der Waals surface area contributed by atoms with Gasteiger partial charge in [-0.25, -0.2) is 0 Å². The summed E-state index contributed by atoms with van der Waals surface area (Å²) in [5.74, 6) is 1.54. The molecule has 0 fully saturated rings. The molecule has 2 atom stereocenters. The van der Waals surface area contributed by atoms with Crippen LogP contribution in [0.1, 0.15) is 42.6 Å². The van der Waals surface area contributed by atoms with Crippen molar-refractivity contribution in [3.8, 4) is 5.75 Å². The number of halogens is 1. The van der Waals surface area contributed by atoms with E-state index in [1.54, 1.807) is 0 Å². The Morgan fingerprint density at radius 2 is 1.91 bits per heavy atom. The van der Waals surface area contributed by atoms with Crippen LogP contribution in [0.25, 0.3) is 0 Å². The number of hydrogen-bond donors (Lipinski definition) is 1.